The quantitative estimate of drug-likeness (QED) is 0.590. The largest absolute Gasteiger partial charge is 0.351 e. The molecule has 0 aliphatic heterocycles. The zero-order valence-electron chi connectivity index (χ0n) is 11.6. The molecule has 3 rings (SSSR count). The SMILES string of the molecule is Cc1nn(C)cc1Nc1ccc([N+](=O)[O-])c2cccnc12. The lowest BCUT2D eigenvalue weighted by atomic mass is 10.1. The number of rotatable bonds is 3. The molecular formula is C14H13N5O2. The summed E-state index contributed by atoms with van der Waals surface area (Å²) in [4.78, 5) is 14.9. The number of hydrogen-bond acceptors (Lipinski definition) is 5. The smallest absolute Gasteiger partial charge is 0.278 e. The molecule has 0 saturated heterocycles. The van der Waals surface area contributed by atoms with Crippen LogP contribution in [-0.4, -0.2) is 19.7 Å². The fourth-order valence-electron chi connectivity index (χ4n) is 2.29. The summed E-state index contributed by atoms with van der Waals surface area (Å²) in [6.45, 7) is 1.89. The lowest BCUT2D eigenvalue weighted by Crippen LogP contribution is -1.96. The van der Waals surface area contributed by atoms with Crippen LogP contribution in [0, 0.1) is 17.0 Å². The van der Waals surface area contributed by atoms with Gasteiger partial charge in [0.1, 0.15) is 5.52 Å². The maximum Gasteiger partial charge on any atom is 0.278 e. The zero-order chi connectivity index (χ0) is 15.0. The lowest BCUT2D eigenvalue weighted by molar-refractivity contribution is -0.383. The third-order valence-electron chi connectivity index (χ3n) is 3.23. The molecule has 0 amide bonds. The van der Waals surface area contributed by atoms with Crippen LogP contribution in [0.4, 0.5) is 17.1 Å². The van der Waals surface area contributed by atoms with Crippen LogP contribution in [0.2, 0.25) is 0 Å². The van der Waals surface area contributed by atoms with Crippen molar-refractivity contribution in [3.05, 3.63) is 52.5 Å². The van der Waals surface area contributed by atoms with E-state index in [1.165, 1.54) is 6.07 Å². The fraction of sp³-hybridized carbons (Fsp3) is 0.143. The summed E-state index contributed by atoms with van der Waals surface area (Å²) in [5.74, 6) is 0. The van der Waals surface area contributed by atoms with Crippen molar-refractivity contribution < 1.29 is 4.92 Å². The summed E-state index contributed by atoms with van der Waals surface area (Å²) in [5, 5.41) is 19.1. The minimum atomic E-state index is -0.400. The first-order chi connectivity index (χ1) is 10.1. The Morgan fingerprint density at radius 3 is 2.76 bits per heavy atom. The van der Waals surface area contributed by atoms with E-state index in [-0.39, 0.29) is 5.69 Å². The maximum absolute atomic E-state index is 11.1. The van der Waals surface area contributed by atoms with Crippen LogP contribution >= 0.6 is 0 Å². The summed E-state index contributed by atoms with van der Waals surface area (Å²) < 4.78 is 1.71. The van der Waals surface area contributed by atoms with Crippen LogP contribution in [0.25, 0.3) is 10.9 Å². The van der Waals surface area contributed by atoms with Gasteiger partial charge in [-0.1, -0.05) is 0 Å². The first-order valence-electron chi connectivity index (χ1n) is 6.35. The van der Waals surface area contributed by atoms with E-state index < -0.39 is 4.92 Å². The number of fused-ring (bicyclic) bond motifs is 1. The van der Waals surface area contributed by atoms with Gasteiger partial charge in [0.2, 0.25) is 0 Å². The van der Waals surface area contributed by atoms with Crippen LogP contribution in [0.5, 0.6) is 0 Å². The van der Waals surface area contributed by atoms with E-state index in [1.807, 2.05) is 20.2 Å². The van der Waals surface area contributed by atoms with Gasteiger partial charge < -0.3 is 5.32 Å². The van der Waals surface area contributed by atoms with Crippen molar-refractivity contribution in [2.75, 3.05) is 5.32 Å². The second-order valence-electron chi connectivity index (χ2n) is 4.72. The van der Waals surface area contributed by atoms with Gasteiger partial charge in [0.05, 0.1) is 27.4 Å². The molecule has 0 bridgehead atoms. The van der Waals surface area contributed by atoms with Crippen molar-refractivity contribution in [3.63, 3.8) is 0 Å². The number of aryl methyl sites for hydroxylation is 2. The molecule has 0 spiro atoms. The molecule has 0 atom stereocenters. The molecule has 1 aromatic carbocycles. The van der Waals surface area contributed by atoms with E-state index in [4.69, 9.17) is 0 Å². The molecule has 1 N–H and O–H groups in total. The second kappa shape index (κ2) is 4.86. The van der Waals surface area contributed by atoms with Crippen molar-refractivity contribution in [1.29, 1.82) is 0 Å². The molecule has 0 unspecified atom stereocenters. The van der Waals surface area contributed by atoms with Crippen LogP contribution in [-0.2, 0) is 7.05 Å². The number of nitro benzene ring substituents is 1. The molecule has 0 aliphatic rings. The summed E-state index contributed by atoms with van der Waals surface area (Å²) in [6, 6.07) is 6.54. The average molecular weight is 283 g/mol. The number of anilines is 2. The van der Waals surface area contributed by atoms with Gasteiger partial charge >= 0.3 is 0 Å². The van der Waals surface area contributed by atoms with E-state index in [2.05, 4.69) is 15.4 Å². The van der Waals surface area contributed by atoms with Crippen molar-refractivity contribution in [2.24, 2.45) is 7.05 Å². The molecule has 7 heteroatoms. The number of nitro groups is 1. The van der Waals surface area contributed by atoms with E-state index in [0.717, 1.165) is 11.4 Å². The molecule has 2 heterocycles. The molecule has 2 aromatic heterocycles. The van der Waals surface area contributed by atoms with Crippen molar-refractivity contribution in [2.45, 2.75) is 6.92 Å². The van der Waals surface area contributed by atoms with Gasteiger partial charge in [-0.15, -0.1) is 0 Å². The summed E-state index contributed by atoms with van der Waals surface area (Å²) >= 11 is 0. The molecule has 0 fully saturated rings. The third-order valence-corrected chi connectivity index (χ3v) is 3.23. The van der Waals surface area contributed by atoms with E-state index in [1.54, 1.807) is 29.1 Å². The highest BCUT2D eigenvalue weighted by molar-refractivity contribution is 5.97. The Hall–Kier alpha value is -2.96. The fourth-order valence-corrected chi connectivity index (χ4v) is 2.29. The first-order valence-corrected chi connectivity index (χ1v) is 6.35. The Balaban J connectivity index is 2.14. The topological polar surface area (TPSA) is 85.9 Å². The Morgan fingerprint density at radius 1 is 1.29 bits per heavy atom. The number of benzene rings is 1. The molecule has 0 aliphatic carbocycles. The molecule has 21 heavy (non-hydrogen) atoms. The second-order valence-corrected chi connectivity index (χ2v) is 4.72. The summed E-state index contributed by atoms with van der Waals surface area (Å²) in [6.07, 6.45) is 3.47. The van der Waals surface area contributed by atoms with Crippen molar-refractivity contribution in [3.8, 4) is 0 Å². The number of hydrogen-bond donors (Lipinski definition) is 1. The highest BCUT2D eigenvalue weighted by atomic mass is 16.6. The molecule has 3 aromatic rings. The normalized spacial score (nSPS) is 10.8. The lowest BCUT2D eigenvalue weighted by Gasteiger charge is -2.08. The Bertz CT molecular complexity index is 840. The minimum Gasteiger partial charge on any atom is -0.351 e. The van der Waals surface area contributed by atoms with Crippen LogP contribution in [0.3, 0.4) is 0 Å². The number of nitrogens with one attached hydrogen (secondary N) is 1. The minimum absolute atomic E-state index is 0.0477. The van der Waals surface area contributed by atoms with Gasteiger partial charge in [-0.2, -0.15) is 5.10 Å². The van der Waals surface area contributed by atoms with Crippen molar-refractivity contribution in [1.82, 2.24) is 14.8 Å². The molecule has 7 nitrogen and oxygen atoms in total. The zero-order valence-corrected chi connectivity index (χ0v) is 11.6. The van der Waals surface area contributed by atoms with Gasteiger partial charge in [0.15, 0.2) is 0 Å². The monoisotopic (exact) mass is 283 g/mol. The first kappa shape index (κ1) is 13.0. The van der Waals surface area contributed by atoms with E-state index in [0.29, 0.717) is 16.6 Å². The predicted molar refractivity (Wildman–Crippen MR) is 79.6 cm³/mol. The van der Waals surface area contributed by atoms with Gasteiger partial charge in [0.25, 0.3) is 5.69 Å². The number of nitrogens with zero attached hydrogens (tertiary/aromatic N) is 4. The third kappa shape index (κ3) is 2.29. The van der Waals surface area contributed by atoms with Crippen LogP contribution < -0.4 is 5.32 Å². The maximum atomic E-state index is 11.1. The molecule has 0 saturated carbocycles. The van der Waals surface area contributed by atoms with Gasteiger partial charge in [-0.05, 0) is 25.1 Å². The van der Waals surface area contributed by atoms with Gasteiger partial charge in [-0.25, -0.2) is 0 Å². The average Bonchev–Trinajstić information content (AvgIpc) is 2.77. The predicted octanol–water partition coefficient (Wildman–Crippen LogP) is 2.93. The number of aromatic nitrogens is 3. The van der Waals surface area contributed by atoms with Crippen LogP contribution in [0.1, 0.15) is 5.69 Å². The van der Waals surface area contributed by atoms with E-state index >= 15 is 0 Å². The highest BCUT2D eigenvalue weighted by Crippen LogP contribution is 2.31. The highest BCUT2D eigenvalue weighted by Gasteiger charge is 2.15. The molecule has 0 radical (unpaired) electrons. The Kier molecular flexibility index (Phi) is 3.02. The molecular weight excluding hydrogens is 270 g/mol. The Labute approximate surface area is 120 Å². The molecule has 106 valence electrons. The summed E-state index contributed by atoms with van der Waals surface area (Å²) in [5.41, 5.74) is 3.02. The number of non-ortho nitro benzene ring substituents is 1. The Morgan fingerprint density at radius 2 is 2.10 bits per heavy atom. The standard InChI is InChI=1S/C14H13N5O2/c1-9-12(8-18(2)17-9)16-11-5-6-13(19(20)21)10-4-3-7-15-14(10)11/h3-8,16H,1-2H3. The number of pyridine rings is 1. The van der Waals surface area contributed by atoms with Crippen molar-refractivity contribution >= 4 is 28.0 Å². The van der Waals surface area contributed by atoms with Gasteiger partial charge in [-0.3, -0.25) is 19.8 Å². The van der Waals surface area contributed by atoms with Gasteiger partial charge in [0, 0.05) is 25.5 Å². The summed E-state index contributed by atoms with van der Waals surface area (Å²) in [7, 11) is 1.84. The van der Waals surface area contributed by atoms with Crippen LogP contribution in [0.15, 0.2) is 36.7 Å². The van der Waals surface area contributed by atoms with E-state index in [9.17, 15) is 10.1 Å².